The minimum Gasteiger partial charge on any atom is -0.493 e. The first-order chi connectivity index (χ1) is 8.96. The Morgan fingerprint density at radius 3 is 1.95 bits per heavy atom. The van der Waals surface area contributed by atoms with E-state index in [4.69, 9.17) is 19.3 Å². The molecule has 1 aromatic carbocycles. The third kappa shape index (κ3) is 2.97. The monoisotopic (exact) mass is 268 g/mol. The molecule has 0 aliphatic rings. The summed E-state index contributed by atoms with van der Waals surface area (Å²) in [5.74, 6) is -0.258. The van der Waals surface area contributed by atoms with Gasteiger partial charge in [0.1, 0.15) is 6.10 Å². The molecule has 0 aliphatic carbocycles. The summed E-state index contributed by atoms with van der Waals surface area (Å²) in [4.78, 5) is 10.8. The van der Waals surface area contributed by atoms with Gasteiger partial charge in [-0.15, -0.1) is 0 Å². The number of carbonyl (C=O) groups is 1. The van der Waals surface area contributed by atoms with Gasteiger partial charge < -0.3 is 24.4 Å². The Bertz CT molecular complexity index is 469. The topological polar surface area (TPSA) is 85.2 Å². The van der Waals surface area contributed by atoms with Crippen LogP contribution < -0.4 is 14.2 Å². The summed E-state index contributed by atoms with van der Waals surface area (Å²) in [7, 11) is 4.31. The Hall–Kier alpha value is -2.21. The van der Waals surface area contributed by atoms with E-state index >= 15 is 0 Å². The number of carboxylic acid groups (broad SMARTS) is 1. The standard InChI is InChI=1S/C13H16O6/c1-7(13(15)16)11(14)8-5-9(17-2)12(19-4)10(6-8)18-3/h5-6,11,14H,1H2,2-4H3,(H,15,16). The molecule has 0 aliphatic heterocycles. The fraction of sp³-hybridized carbons (Fsp3) is 0.308. The normalized spacial score (nSPS) is 11.6. The summed E-state index contributed by atoms with van der Waals surface area (Å²) in [6.07, 6.45) is -1.36. The molecule has 2 N–H and O–H groups in total. The molecule has 0 heterocycles. The van der Waals surface area contributed by atoms with E-state index in [1.807, 2.05) is 0 Å². The van der Waals surface area contributed by atoms with Crippen LogP contribution in [0, 0.1) is 0 Å². The molecule has 1 rings (SSSR count). The van der Waals surface area contributed by atoms with E-state index in [0.29, 0.717) is 22.8 Å². The first-order valence-electron chi connectivity index (χ1n) is 5.36. The van der Waals surface area contributed by atoms with Gasteiger partial charge in [0.15, 0.2) is 11.5 Å². The van der Waals surface area contributed by atoms with Gasteiger partial charge in [0.2, 0.25) is 5.75 Å². The molecule has 0 saturated heterocycles. The van der Waals surface area contributed by atoms with Gasteiger partial charge in [-0.2, -0.15) is 0 Å². The van der Waals surface area contributed by atoms with Crippen LogP contribution in [0.4, 0.5) is 0 Å². The van der Waals surface area contributed by atoms with Crippen LogP contribution in [-0.2, 0) is 4.79 Å². The van der Waals surface area contributed by atoms with E-state index in [1.165, 1.54) is 33.5 Å². The van der Waals surface area contributed by atoms with Crippen molar-refractivity contribution in [3.05, 3.63) is 29.8 Å². The second kappa shape index (κ2) is 6.10. The molecule has 0 spiro atoms. The van der Waals surface area contributed by atoms with E-state index in [0.717, 1.165) is 0 Å². The lowest BCUT2D eigenvalue weighted by Crippen LogP contribution is -2.10. The van der Waals surface area contributed by atoms with Crippen LogP contribution in [0.5, 0.6) is 17.2 Å². The van der Waals surface area contributed by atoms with E-state index in [2.05, 4.69) is 6.58 Å². The highest BCUT2D eigenvalue weighted by molar-refractivity contribution is 5.87. The Balaban J connectivity index is 3.30. The number of hydrogen-bond donors (Lipinski definition) is 2. The summed E-state index contributed by atoms with van der Waals surface area (Å²) >= 11 is 0. The van der Waals surface area contributed by atoms with Gasteiger partial charge >= 0.3 is 5.97 Å². The molecule has 0 bridgehead atoms. The zero-order valence-electron chi connectivity index (χ0n) is 11.0. The molecule has 0 aromatic heterocycles. The summed E-state index contributed by atoms with van der Waals surface area (Å²) < 4.78 is 15.4. The van der Waals surface area contributed by atoms with Crippen molar-refractivity contribution in [2.24, 2.45) is 0 Å². The van der Waals surface area contributed by atoms with Crippen LogP contribution in [0.2, 0.25) is 0 Å². The number of hydrogen-bond acceptors (Lipinski definition) is 5. The number of ether oxygens (including phenoxy) is 3. The minimum absolute atomic E-state index is 0.293. The maximum Gasteiger partial charge on any atom is 0.333 e. The lowest BCUT2D eigenvalue weighted by Gasteiger charge is -2.17. The number of methoxy groups -OCH3 is 3. The number of rotatable bonds is 6. The van der Waals surface area contributed by atoms with Crippen LogP contribution in [0.25, 0.3) is 0 Å². The first kappa shape index (κ1) is 14.8. The average molecular weight is 268 g/mol. The number of aliphatic hydroxyl groups excluding tert-OH is 1. The summed E-state index contributed by atoms with van der Waals surface area (Å²) in [5, 5.41) is 18.8. The fourth-order valence-electron chi connectivity index (χ4n) is 1.58. The summed E-state index contributed by atoms with van der Waals surface area (Å²) in [5.41, 5.74) is -0.0452. The molecule has 19 heavy (non-hydrogen) atoms. The number of benzene rings is 1. The maximum absolute atomic E-state index is 10.8. The molecule has 104 valence electrons. The minimum atomic E-state index is -1.36. The first-order valence-corrected chi connectivity index (χ1v) is 5.36. The highest BCUT2D eigenvalue weighted by atomic mass is 16.5. The molecule has 1 aromatic rings. The molecular weight excluding hydrogens is 252 g/mol. The Kier molecular flexibility index (Phi) is 4.77. The molecule has 6 nitrogen and oxygen atoms in total. The smallest absolute Gasteiger partial charge is 0.333 e. The molecular formula is C13H16O6. The van der Waals surface area contributed by atoms with Crippen LogP contribution in [0.3, 0.4) is 0 Å². The molecule has 0 amide bonds. The van der Waals surface area contributed by atoms with E-state index in [9.17, 15) is 9.90 Å². The van der Waals surface area contributed by atoms with Crippen molar-refractivity contribution in [1.29, 1.82) is 0 Å². The molecule has 6 heteroatoms. The van der Waals surface area contributed by atoms with Crippen molar-refractivity contribution >= 4 is 5.97 Å². The van der Waals surface area contributed by atoms with Crippen molar-refractivity contribution < 1.29 is 29.2 Å². The van der Waals surface area contributed by atoms with Crippen LogP contribution >= 0.6 is 0 Å². The lowest BCUT2D eigenvalue weighted by molar-refractivity contribution is -0.133. The molecule has 1 atom stereocenters. The van der Waals surface area contributed by atoms with Crippen LogP contribution in [0.15, 0.2) is 24.3 Å². The van der Waals surface area contributed by atoms with Crippen molar-refractivity contribution in [1.82, 2.24) is 0 Å². The van der Waals surface area contributed by atoms with Gasteiger partial charge in [-0.05, 0) is 17.7 Å². The quantitative estimate of drug-likeness (QED) is 0.758. The molecule has 0 radical (unpaired) electrons. The van der Waals surface area contributed by atoms with Crippen molar-refractivity contribution in [2.75, 3.05) is 21.3 Å². The number of carboxylic acids is 1. The second-order valence-corrected chi connectivity index (χ2v) is 3.69. The number of aliphatic carboxylic acids is 1. The third-order valence-corrected chi connectivity index (χ3v) is 2.61. The third-order valence-electron chi connectivity index (χ3n) is 2.61. The Morgan fingerprint density at radius 1 is 1.16 bits per heavy atom. The van der Waals surface area contributed by atoms with Gasteiger partial charge in [0.05, 0.1) is 26.9 Å². The molecule has 0 saturated carbocycles. The van der Waals surface area contributed by atoms with E-state index in [1.54, 1.807) is 0 Å². The van der Waals surface area contributed by atoms with Crippen molar-refractivity contribution in [3.8, 4) is 17.2 Å². The van der Waals surface area contributed by atoms with Gasteiger partial charge in [-0.25, -0.2) is 4.79 Å². The van der Waals surface area contributed by atoms with Gasteiger partial charge in [0.25, 0.3) is 0 Å². The average Bonchev–Trinajstić information content (AvgIpc) is 2.43. The van der Waals surface area contributed by atoms with Crippen LogP contribution in [-0.4, -0.2) is 37.5 Å². The van der Waals surface area contributed by atoms with Crippen molar-refractivity contribution in [3.63, 3.8) is 0 Å². The predicted molar refractivity (Wildman–Crippen MR) is 67.8 cm³/mol. The van der Waals surface area contributed by atoms with Crippen molar-refractivity contribution in [2.45, 2.75) is 6.10 Å². The second-order valence-electron chi connectivity index (χ2n) is 3.69. The highest BCUT2D eigenvalue weighted by Crippen LogP contribution is 2.40. The molecule has 1 unspecified atom stereocenters. The molecule has 0 fully saturated rings. The summed E-state index contributed by atoms with van der Waals surface area (Å²) in [6.45, 7) is 3.32. The zero-order valence-corrected chi connectivity index (χ0v) is 11.0. The van der Waals surface area contributed by atoms with Gasteiger partial charge in [-0.3, -0.25) is 0 Å². The number of aliphatic hydroxyl groups is 1. The van der Waals surface area contributed by atoms with E-state index < -0.39 is 12.1 Å². The summed E-state index contributed by atoms with van der Waals surface area (Å²) in [6, 6.07) is 2.94. The highest BCUT2D eigenvalue weighted by Gasteiger charge is 2.22. The largest absolute Gasteiger partial charge is 0.493 e. The SMILES string of the molecule is C=C(C(=O)O)C(O)c1cc(OC)c(OC)c(OC)c1. The van der Waals surface area contributed by atoms with E-state index in [-0.39, 0.29) is 5.57 Å². The maximum atomic E-state index is 10.8. The Labute approximate surface area is 110 Å². The fourth-order valence-corrected chi connectivity index (χ4v) is 1.58. The van der Waals surface area contributed by atoms with Gasteiger partial charge in [0, 0.05) is 0 Å². The van der Waals surface area contributed by atoms with Crippen LogP contribution in [0.1, 0.15) is 11.7 Å². The predicted octanol–water partition coefficient (Wildman–Crippen LogP) is 1.39. The van der Waals surface area contributed by atoms with Gasteiger partial charge in [-0.1, -0.05) is 6.58 Å². The zero-order chi connectivity index (χ0) is 14.6. The lowest BCUT2D eigenvalue weighted by atomic mass is 10.0. The Morgan fingerprint density at radius 2 is 1.63 bits per heavy atom.